The summed E-state index contributed by atoms with van der Waals surface area (Å²) in [5.41, 5.74) is 6.79. The summed E-state index contributed by atoms with van der Waals surface area (Å²) in [6, 6.07) is 3.22. The van der Waals surface area contributed by atoms with Gasteiger partial charge in [0.05, 0.1) is 16.3 Å². The van der Waals surface area contributed by atoms with E-state index in [0.29, 0.717) is 46.0 Å². The van der Waals surface area contributed by atoms with Crippen molar-refractivity contribution in [1.29, 1.82) is 0 Å². The number of methoxy groups -OCH3 is 1. The van der Waals surface area contributed by atoms with Gasteiger partial charge in [-0.3, -0.25) is 0 Å². The zero-order valence-electron chi connectivity index (χ0n) is 10.3. The van der Waals surface area contributed by atoms with Crippen LogP contribution in [0.2, 0.25) is 10.0 Å². The molecule has 7 heteroatoms. The van der Waals surface area contributed by atoms with Gasteiger partial charge in [-0.25, -0.2) is 0 Å². The number of ether oxygens (including phenoxy) is 1. The summed E-state index contributed by atoms with van der Waals surface area (Å²) < 4.78 is 10.1. The van der Waals surface area contributed by atoms with Gasteiger partial charge in [0.1, 0.15) is 0 Å². The summed E-state index contributed by atoms with van der Waals surface area (Å²) in [6.45, 7) is 0.648. The van der Waals surface area contributed by atoms with E-state index in [4.69, 9.17) is 38.2 Å². The van der Waals surface area contributed by atoms with Crippen LogP contribution in [0.15, 0.2) is 16.7 Å². The topological polar surface area (TPSA) is 74.2 Å². The first kappa shape index (κ1) is 14.1. The first-order valence-electron chi connectivity index (χ1n) is 5.68. The normalized spacial score (nSPS) is 10.9. The van der Waals surface area contributed by atoms with Gasteiger partial charge in [-0.1, -0.05) is 28.4 Å². The van der Waals surface area contributed by atoms with Crippen LogP contribution in [-0.2, 0) is 11.2 Å². The summed E-state index contributed by atoms with van der Waals surface area (Å²) in [7, 11) is 1.65. The molecule has 102 valence electrons. The lowest BCUT2D eigenvalue weighted by Crippen LogP contribution is -1.95. The van der Waals surface area contributed by atoms with Crippen molar-refractivity contribution >= 4 is 28.9 Å². The molecule has 0 bridgehead atoms. The van der Waals surface area contributed by atoms with Crippen molar-refractivity contribution in [3.63, 3.8) is 0 Å². The molecule has 0 radical (unpaired) electrons. The standard InChI is InChI=1S/C12H13Cl2N3O2/c1-18-4-2-3-10-16-12(19-17-10)8-5-7(13)6-9(14)11(8)15/h5-6H,2-4,15H2,1H3. The zero-order valence-corrected chi connectivity index (χ0v) is 11.8. The average Bonchev–Trinajstić information content (AvgIpc) is 2.83. The molecular formula is C12H13Cl2N3O2. The van der Waals surface area contributed by atoms with E-state index >= 15 is 0 Å². The van der Waals surface area contributed by atoms with Crippen LogP contribution in [0.25, 0.3) is 11.5 Å². The SMILES string of the molecule is COCCCc1noc(-c2cc(Cl)cc(Cl)c2N)n1. The molecular weight excluding hydrogens is 289 g/mol. The fourth-order valence-electron chi connectivity index (χ4n) is 1.60. The molecule has 0 amide bonds. The third-order valence-electron chi connectivity index (χ3n) is 2.54. The highest BCUT2D eigenvalue weighted by molar-refractivity contribution is 6.37. The maximum absolute atomic E-state index is 5.96. The van der Waals surface area contributed by atoms with Crippen LogP contribution in [-0.4, -0.2) is 23.9 Å². The summed E-state index contributed by atoms with van der Waals surface area (Å²) in [6.07, 6.45) is 1.49. The van der Waals surface area contributed by atoms with Gasteiger partial charge in [0.15, 0.2) is 5.82 Å². The van der Waals surface area contributed by atoms with Gasteiger partial charge in [-0.15, -0.1) is 0 Å². The van der Waals surface area contributed by atoms with Gasteiger partial charge in [0, 0.05) is 25.2 Å². The van der Waals surface area contributed by atoms with Crippen molar-refractivity contribution in [3.05, 3.63) is 28.0 Å². The molecule has 0 aliphatic carbocycles. The van der Waals surface area contributed by atoms with Crippen LogP contribution in [0.5, 0.6) is 0 Å². The quantitative estimate of drug-likeness (QED) is 0.678. The third-order valence-corrected chi connectivity index (χ3v) is 3.07. The van der Waals surface area contributed by atoms with Crippen molar-refractivity contribution in [1.82, 2.24) is 10.1 Å². The Morgan fingerprint density at radius 3 is 2.89 bits per heavy atom. The Kier molecular flexibility index (Phi) is 4.63. The minimum atomic E-state index is 0.314. The molecule has 5 nitrogen and oxygen atoms in total. The van der Waals surface area contributed by atoms with Gasteiger partial charge < -0.3 is 15.0 Å². The second kappa shape index (κ2) is 6.23. The lowest BCUT2D eigenvalue weighted by molar-refractivity contribution is 0.194. The summed E-state index contributed by atoms with van der Waals surface area (Å²) in [5.74, 6) is 0.914. The molecule has 0 aliphatic rings. The third kappa shape index (κ3) is 3.37. The highest BCUT2D eigenvalue weighted by Gasteiger charge is 2.14. The Bertz CT molecular complexity index is 572. The van der Waals surface area contributed by atoms with Gasteiger partial charge in [0.2, 0.25) is 0 Å². The van der Waals surface area contributed by atoms with E-state index in [0.717, 1.165) is 6.42 Å². The van der Waals surface area contributed by atoms with Gasteiger partial charge >= 0.3 is 0 Å². The maximum atomic E-state index is 5.96. The molecule has 1 heterocycles. The van der Waals surface area contributed by atoms with Crippen molar-refractivity contribution in [3.8, 4) is 11.5 Å². The number of nitrogens with two attached hydrogens (primary N) is 1. The van der Waals surface area contributed by atoms with E-state index in [1.807, 2.05) is 0 Å². The molecule has 0 atom stereocenters. The van der Waals surface area contributed by atoms with Crippen LogP contribution >= 0.6 is 23.2 Å². The molecule has 0 fully saturated rings. The number of anilines is 1. The zero-order chi connectivity index (χ0) is 13.8. The minimum absolute atomic E-state index is 0.314. The number of hydrogen-bond donors (Lipinski definition) is 1. The van der Waals surface area contributed by atoms with E-state index in [2.05, 4.69) is 10.1 Å². The Hall–Kier alpha value is -1.30. The first-order chi connectivity index (χ1) is 9.11. The number of rotatable bonds is 5. The van der Waals surface area contributed by atoms with Crippen LogP contribution in [0.1, 0.15) is 12.2 Å². The van der Waals surface area contributed by atoms with E-state index < -0.39 is 0 Å². The molecule has 0 saturated carbocycles. The molecule has 19 heavy (non-hydrogen) atoms. The summed E-state index contributed by atoms with van der Waals surface area (Å²) in [4.78, 5) is 4.26. The molecule has 2 rings (SSSR count). The van der Waals surface area contributed by atoms with E-state index in [1.54, 1.807) is 19.2 Å². The fourth-order valence-corrected chi connectivity index (χ4v) is 2.09. The van der Waals surface area contributed by atoms with E-state index in [1.165, 1.54) is 0 Å². The number of hydrogen-bond acceptors (Lipinski definition) is 5. The molecule has 0 unspecified atom stereocenters. The molecule has 1 aromatic heterocycles. The second-order valence-electron chi connectivity index (χ2n) is 3.96. The molecule has 0 spiro atoms. The van der Waals surface area contributed by atoms with E-state index in [-0.39, 0.29) is 0 Å². The van der Waals surface area contributed by atoms with Crippen molar-refractivity contribution in [2.24, 2.45) is 0 Å². The molecule has 0 aliphatic heterocycles. The van der Waals surface area contributed by atoms with Gasteiger partial charge in [-0.05, 0) is 18.6 Å². The van der Waals surface area contributed by atoms with Crippen molar-refractivity contribution in [2.75, 3.05) is 19.5 Å². The molecule has 2 N–H and O–H groups in total. The lowest BCUT2D eigenvalue weighted by atomic mass is 10.2. The number of halogens is 2. The first-order valence-corrected chi connectivity index (χ1v) is 6.44. The number of nitrogen functional groups attached to an aromatic ring is 1. The molecule has 2 aromatic rings. The Balaban J connectivity index is 2.23. The minimum Gasteiger partial charge on any atom is -0.397 e. The van der Waals surface area contributed by atoms with E-state index in [9.17, 15) is 0 Å². The smallest absolute Gasteiger partial charge is 0.260 e. The monoisotopic (exact) mass is 301 g/mol. The molecule has 0 saturated heterocycles. The Labute approximate surface area is 120 Å². The number of aromatic nitrogens is 2. The van der Waals surface area contributed by atoms with Crippen LogP contribution in [0, 0.1) is 0 Å². The summed E-state index contributed by atoms with van der Waals surface area (Å²) in [5, 5.41) is 4.71. The second-order valence-corrected chi connectivity index (χ2v) is 4.80. The number of benzene rings is 1. The van der Waals surface area contributed by atoms with Crippen LogP contribution in [0.3, 0.4) is 0 Å². The van der Waals surface area contributed by atoms with Gasteiger partial charge in [0.25, 0.3) is 5.89 Å². The molecule has 1 aromatic carbocycles. The average molecular weight is 302 g/mol. The van der Waals surface area contributed by atoms with Crippen molar-refractivity contribution in [2.45, 2.75) is 12.8 Å². The maximum Gasteiger partial charge on any atom is 0.260 e. The van der Waals surface area contributed by atoms with Crippen molar-refractivity contribution < 1.29 is 9.26 Å². The van der Waals surface area contributed by atoms with Gasteiger partial charge in [-0.2, -0.15) is 4.98 Å². The highest BCUT2D eigenvalue weighted by atomic mass is 35.5. The Morgan fingerprint density at radius 2 is 2.16 bits per heavy atom. The Morgan fingerprint density at radius 1 is 1.37 bits per heavy atom. The predicted octanol–water partition coefficient (Wildman–Crippen LogP) is 3.20. The number of nitrogens with zero attached hydrogens (tertiary/aromatic N) is 2. The summed E-state index contributed by atoms with van der Waals surface area (Å²) >= 11 is 11.9. The predicted molar refractivity (Wildman–Crippen MR) is 74.4 cm³/mol. The highest BCUT2D eigenvalue weighted by Crippen LogP contribution is 2.33. The lowest BCUT2D eigenvalue weighted by Gasteiger charge is -2.03. The van der Waals surface area contributed by atoms with Crippen LogP contribution < -0.4 is 5.73 Å². The number of aryl methyl sites for hydroxylation is 1. The fraction of sp³-hybridized carbons (Fsp3) is 0.333. The largest absolute Gasteiger partial charge is 0.397 e. The van der Waals surface area contributed by atoms with Crippen LogP contribution in [0.4, 0.5) is 5.69 Å².